The highest BCUT2D eigenvalue weighted by Gasteiger charge is 2.12. The minimum atomic E-state index is -0.0703. The van der Waals surface area contributed by atoms with Gasteiger partial charge in [0.05, 0.1) is 23.2 Å². The summed E-state index contributed by atoms with van der Waals surface area (Å²) in [7, 11) is 0. The van der Waals surface area contributed by atoms with Crippen molar-refractivity contribution in [2.45, 2.75) is 13.8 Å². The van der Waals surface area contributed by atoms with Crippen LogP contribution in [0.3, 0.4) is 0 Å². The molecule has 0 aliphatic rings. The second-order valence-corrected chi connectivity index (χ2v) is 3.96. The predicted octanol–water partition coefficient (Wildman–Crippen LogP) is 2.13. The predicted molar refractivity (Wildman–Crippen MR) is 68.2 cm³/mol. The van der Waals surface area contributed by atoms with Crippen LogP contribution in [0.15, 0.2) is 18.2 Å². The van der Waals surface area contributed by atoms with Crippen molar-refractivity contribution in [2.24, 2.45) is 5.92 Å². The molecule has 1 unspecified atom stereocenters. The van der Waals surface area contributed by atoms with E-state index in [1.165, 1.54) is 0 Å². The van der Waals surface area contributed by atoms with Crippen LogP contribution in [0.2, 0.25) is 0 Å². The van der Waals surface area contributed by atoms with E-state index in [1.54, 1.807) is 12.1 Å². The summed E-state index contributed by atoms with van der Waals surface area (Å²) in [4.78, 5) is 2.02. The number of nitrogens with zero attached hydrogens (tertiary/aromatic N) is 3. The van der Waals surface area contributed by atoms with Gasteiger partial charge in [0.2, 0.25) is 0 Å². The SMILES string of the molecule is CCN(CC(C)C#N)c1ccc(N)cc1C#N. The van der Waals surface area contributed by atoms with Gasteiger partial charge in [-0.3, -0.25) is 0 Å². The Hall–Kier alpha value is -2.20. The molecule has 0 amide bonds. The van der Waals surface area contributed by atoms with Crippen LogP contribution in [-0.4, -0.2) is 13.1 Å². The summed E-state index contributed by atoms with van der Waals surface area (Å²) in [5.74, 6) is -0.0703. The van der Waals surface area contributed by atoms with Gasteiger partial charge in [-0.25, -0.2) is 0 Å². The molecule has 0 aliphatic carbocycles. The van der Waals surface area contributed by atoms with Crippen molar-refractivity contribution in [3.63, 3.8) is 0 Å². The topological polar surface area (TPSA) is 76.8 Å². The van der Waals surface area contributed by atoms with Gasteiger partial charge >= 0.3 is 0 Å². The lowest BCUT2D eigenvalue weighted by Crippen LogP contribution is -2.28. The molecule has 0 bridgehead atoms. The fourth-order valence-electron chi connectivity index (χ4n) is 1.69. The van der Waals surface area contributed by atoms with Gasteiger partial charge in [-0.2, -0.15) is 10.5 Å². The fraction of sp³-hybridized carbons (Fsp3) is 0.385. The quantitative estimate of drug-likeness (QED) is 0.801. The van der Waals surface area contributed by atoms with Crippen LogP contribution in [0.1, 0.15) is 19.4 Å². The first-order valence-corrected chi connectivity index (χ1v) is 5.56. The number of nitriles is 2. The second kappa shape index (κ2) is 5.77. The lowest BCUT2D eigenvalue weighted by atomic mass is 10.1. The van der Waals surface area contributed by atoms with Gasteiger partial charge < -0.3 is 10.6 Å². The van der Waals surface area contributed by atoms with Crippen molar-refractivity contribution >= 4 is 11.4 Å². The summed E-state index contributed by atoms with van der Waals surface area (Å²) >= 11 is 0. The van der Waals surface area contributed by atoms with E-state index in [2.05, 4.69) is 12.1 Å². The van der Waals surface area contributed by atoms with Gasteiger partial charge in [-0.1, -0.05) is 0 Å². The van der Waals surface area contributed by atoms with Crippen molar-refractivity contribution in [3.05, 3.63) is 23.8 Å². The van der Waals surface area contributed by atoms with Gasteiger partial charge in [0.1, 0.15) is 6.07 Å². The lowest BCUT2D eigenvalue weighted by Gasteiger charge is -2.25. The molecule has 4 heteroatoms. The number of hydrogen-bond acceptors (Lipinski definition) is 4. The standard InChI is InChI=1S/C13H16N4/c1-3-17(9-10(2)7-14)13-5-4-12(16)6-11(13)8-15/h4-6,10H,3,9,16H2,1-2H3. The van der Waals surface area contributed by atoms with Crippen molar-refractivity contribution in [2.75, 3.05) is 23.7 Å². The van der Waals surface area contributed by atoms with Crippen LogP contribution in [0, 0.1) is 28.6 Å². The van der Waals surface area contributed by atoms with Crippen molar-refractivity contribution < 1.29 is 0 Å². The fourth-order valence-corrected chi connectivity index (χ4v) is 1.69. The summed E-state index contributed by atoms with van der Waals surface area (Å²) in [5.41, 5.74) is 7.62. The van der Waals surface area contributed by atoms with Crippen molar-refractivity contribution in [3.8, 4) is 12.1 Å². The maximum absolute atomic E-state index is 9.08. The molecule has 1 aromatic rings. The van der Waals surface area contributed by atoms with Gasteiger partial charge in [-0.05, 0) is 32.0 Å². The second-order valence-electron chi connectivity index (χ2n) is 3.96. The van der Waals surface area contributed by atoms with E-state index in [9.17, 15) is 0 Å². The molecule has 0 spiro atoms. The number of nitrogens with two attached hydrogens (primary N) is 1. The average molecular weight is 228 g/mol. The molecule has 0 saturated carbocycles. The third-order valence-corrected chi connectivity index (χ3v) is 2.58. The Morgan fingerprint density at radius 1 is 1.41 bits per heavy atom. The molecule has 0 radical (unpaired) electrons. The maximum Gasteiger partial charge on any atom is 0.101 e. The summed E-state index contributed by atoms with van der Waals surface area (Å²) in [6.07, 6.45) is 0. The van der Waals surface area contributed by atoms with Crippen LogP contribution in [-0.2, 0) is 0 Å². The molecule has 2 N–H and O–H groups in total. The number of anilines is 2. The van der Waals surface area contributed by atoms with E-state index in [4.69, 9.17) is 16.3 Å². The minimum Gasteiger partial charge on any atom is -0.399 e. The molecule has 0 aliphatic heterocycles. The number of hydrogen-bond donors (Lipinski definition) is 1. The molecule has 4 nitrogen and oxygen atoms in total. The molecular weight excluding hydrogens is 212 g/mol. The third kappa shape index (κ3) is 3.12. The summed E-state index contributed by atoms with van der Waals surface area (Å²) in [5, 5.41) is 17.9. The Labute approximate surface area is 102 Å². The first-order valence-electron chi connectivity index (χ1n) is 5.56. The number of rotatable bonds is 4. The van der Waals surface area contributed by atoms with E-state index in [-0.39, 0.29) is 5.92 Å². The monoisotopic (exact) mass is 228 g/mol. The van der Waals surface area contributed by atoms with Gasteiger partial charge in [0, 0.05) is 18.8 Å². The molecule has 0 fully saturated rings. The number of benzene rings is 1. The van der Waals surface area contributed by atoms with Crippen LogP contribution < -0.4 is 10.6 Å². The largest absolute Gasteiger partial charge is 0.399 e. The molecule has 1 aromatic carbocycles. The Morgan fingerprint density at radius 3 is 2.65 bits per heavy atom. The minimum absolute atomic E-state index is 0.0703. The van der Waals surface area contributed by atoms with E-state index < -0.39 is 0 Å². The molecule has 88 valence electrons. The van der Waals surface area contributed by atoms with Crippen LogP contribution in [0.5, 0.6) is 0 Å². The van der Waals surface area contributed by atoms with E-state index >= 15 is 0 Å². The van der Waals surface area contributed by atoms with Gasteiger partial charge in [0.25, 0.3) is 0 Å². The van der Waals surface area contributed by atoms with E-state index in [0.29, 0.717) is 17.8 Å². The molecular formula is C13H16N4. The third-order valence-electron chi connectivity index (χ3n) is 2.58. The number of nitrogen functional groups attached to an aromatic ring is 1. The first kappa shape index (κ1) is 12.9. The van der Waals surface area contributed by atoms with Crippen LogP contribution >= 0.6 is 0 Å². The molecule has 1 atom stereocenters. The molecule has 0 heterocycles. The molecule has 0 aromatic heterocycles. The van der Waals surface area contributed by atoms with E-state index in [0.717, 1.165) is 12.2 Å². The molecule has 1 rings (SSSR count). The van der Waals surface area contributed by atoms with Crippen LogP contribution in [0.4, 0.5) is 11.4 Å². The highest BCUT2D eigenvalue weighted by molar-refractivity contribution is 5.64. The molecule has 17 heavy (non-hydrogen) atoms. The smallest absolute Gasteiger partial charge is 0.101 e. The highest BCUT2D eigenvalue weighted by atomic mass is 15.1. The average Bonchev–Trinajstić information content (AvgIpc) is 2.35. The maximum atomic E-state index is 9.08. The lowest BCUT2D eigenvalue weighted by molar-refractivity contribution is 0.686. The van der Waals surface area contributed by atoms with Crippen molar-refractivity contribution in [1.82, 2.24) is 0 Å². The zero-order valence-electron chi connectivity index (χ0n) is 10.1. The Balaban J connectivity index is 3.05. The zero-order chi connectivity index (χ0) is 12.8. The van der Waals surface area contributed by atoms with E-state index in [1.807, 2.05) is 24.8 Å². The Bertz CT molecular complexity index is 467. The molecule has 0 saturated heterocycles. The summed E-state index contributed by atoms with van der Waals surface area (Å²) < 4.78 is 0. The van der Waals surface area contributed by atoms with Crippen LogP contribution in [0.25, 0.3) is 0 Å². The first-order chi connectivity index (χ1) is 8.12. The summed E-state index contributed by atoms with van der Waals surface area (Å²) in [6, 6.07) is 9.61. The normalized spacial score (nSPS) is 11.3. The van der Waals surface area contributed by atoms with Gasteiger partial charge in [0.15, 0.2) is 0 Å². The highest BCUT2D eigenvalue weighted by Crippen LogP contribution is 2.23. The Kier molecular flexibility index (Phi) is 4.37. The van der Waals surface area contributed by atoms with Gasteiger partial charge in [-0.15, -0.1) is 0 Å². The Morgan fingerprint density at radius 2 is 2.12 bits per heavy atom. The summed E-state index contributed by atoms with van der Waals surface area (Å²) in [6.45, 7) is 5.24. The van der Waals surface area contributed by atoms with Crippen molar-refractivity contribution in [1.29, 1.82) is 10.5 Å². The zero-order valence-corrected chi connectivity index (χ0v) is 10.1.